The Balaban J connectivity index is 2.42. The molecule has 1 aromatic carbocycles. The summed E-state index contributed by atoms with van der Waals surface area (Å²) in [6.45, 7) is 0.920. The summed E-state index contributed by atoms with van der Waals surface area (Å²) in [4.78, 5) is 10.7. The predicted octanol–water partition coefficient (Wildman–Crippen LogP) is 2.33. The highest BCUT2D eigenvalue weighted by Crippen LogP contribution is 2.39. The second-order valence-corrected chi connectivity index (χ2v) is 7.72. The first-order chi connectivity index (χ1) is 10.9. The number of carboxylic acids is 1. The summed E-state index contributed by atoms with van der Waals surface area (Å²) in [5.41, 5.74) is 0.0739. The van der Waals surface area contributed by atoms with Gasteiger partial charge in [-0.15, -0.1) is 0 Å². The number of carboxylic acid groups (broad SMARTS) is 1. The van der Waals surface area contributed by atoms with E-state index < -0.39 is 52.9 Å². The minimum atomic E-state index is -4.83. The Bertz CT molecular complexity index is 752. The molecule has 1 fully saturated rings. The van der Waals surface area contributed by atoms with Gasteiger partial charge in [0, 0.05) is 13.1 Å². The number of rotatable bonds is 3. The van der Waals surface area contributed by atoms with Gasteiger partial charge < -0.3 is 5.11 Å². The quantitative estimate of drug-likeness (QED) is 0.830. The van der Waals surface area contributed by atoms with Crippen LogP contribution in [0.5, 0.6) is 0 Å². The summed E-state index contributed by atoms with van der Waals surface area (Å²) in [7, 11) is -4.36. The number of hydrogen-bond donors (Lipinski definition) is 1. The van der Waals surface area contributed by atoms with Crippen LogP contribution in [0.25, 0.3) is 0 Å². The molecule has 2 rings (SSSR count). The van der Waals surface area contributed by atoms with Gasteiger partial charge in [0.15, 0.2) is 0 Å². The van der Waals surface area contributed by atoms with E-state index in [-0.39, 0.29) is 16.0 Å². The molecule has 0 amide bonds. The molecule has 0 radical (unpaired) electrons. The van der Waals surface area contributed by atoms with E-state index in [4.69, 9.17) is 5.11 Å². The van der Waals surface area contributed by atoms with Crippen molar-refractivity contribution in [2.45, 2.75) is 24.9 Å². The van der Waals surface area contributed by atoms with Crippen molar-refractivity contribution in [1.29, 1.82) is 0 Å². The Kier molecular flexibility index (Phi) is 4.66. The van der Waals surface area contributed by atoms with E-state index >= 15 is 0 Å². The molecule has 1 aliphatic rings. The third-order valence-electron chi connectivity index (χ3n) is 4.07. The van der Waals surface area contributed by atoms with Crippen molar-refractivity contribution in [3.8, 4) is 0 Å². The molecule has 0 spiro atoms. The van der Waals surface area contributed by atoms with Crippen LogP contribution < -0.4 is 0 Å². The van der Waals surface area contributed by atoms with Crippen molar-refractivity contribution in [1.82, 2.24) is 4.31 Å². The first-order valence-electron chi connectivity index (χ1n) is 6.92. The molecule has 1 aromatic rings. The number of benzene rings is 1. The fraction of sp³-hybridized carbons (Fsp3) is 0.500. The molecule has 0 aromatic heterocycles. The van der Waals surface area contributed by atoms with Gasteiger partial charge in [-0.3, -0.25) is 4.79 Å². The summed E-state index contributed by atoms with van der Waals surface area (Å²) in [5.74, 6) is -6.47. The lowest BCUT2D eigenvalue weighted by atomic mass is 9.96. The van der Waals surface area contributed by atoms with E-state index in [9.17, 15) is 30.8 Å². The van der Waals surface area contributed by atoms with Crippen molar-refractivity contribution >= 4 is 16.0 Å². The van der Waals surface area contributed by atoms with Crippen LogP contribution in [-0.4, -0.2) is 43.1 Å². The molecule has 1 aliphatic heterocycles. The highest BCUT2D eigenvalue weighted by molar-refractivity contribution is 7.89. The summed E-state index contributed by atoms with van der Waals surface area (Å²) >= 11 is 0. The van der Waals surface area contributed by atoms with Crippen molar-refractivity contribution in [3.63, 3.8) is 0 Å². The number of alkyl halides is 3. The molecule has 134 valence electrons. The molecule has 0 saturated carbocycles. The number of aliphatic carboxylic acids is 1. The standard InChI is InChI=1S/C14H15F4NO4S/c1-7-3-9(4-8(2)12(7)15)24(22,23)19-5-10(13(20)21)11(6-19)14(16,17)18/h3-4,10-11H,5-6H2,1-2H3,(H,20,21)/t10-,11-/m1/s1. The van der Waals surface area contributed by atoms with Gasteiger partial charge in [-0.05, 0) is 37.1 Å². The van der Waals surface area contributed by atoms with Gasteiger partial charge in [0.05, 0.1) is 16.7 Å². The normalized spacial score (nSPS) is 22.8. The van der Waals surface area contributed by atoms with E-state index in [0.717, 1.165) is 12.1 Å². The zero-order chi connectivity index (χ0) is 18.4. The fourth-order valence-electron chi connectivity index (χ4n) is 2.75. The van der Waals surface area contributed by atoms with E-state index in [2.05, 4.69) is 0 Å². The molecule has 0 unspecified atom stereocenters. The maximum atomic E-state index is 13.6. The van der Waals surface area contributed by atoms with Crippen molar-refractivity contribution in [2.75, 3.05) is 13.1 Å². The zero-order valence-electron chi connectivity index (χ0n) is 12.8. The molecule has 1 heterocycles. The molecular formula is C14H15F4NO4S. The minimum Gasteiger partial charge on any atom is -0.481 e. The molecule has 1 N–H and O–H groups in total. The van der Waals surface area contributed by atoms with Crippen LogP contribution in [0.15, 0.2) is 17.0 Å². The third kappa shape index (κ3) is 3.25. The Hall–Kier alpha value is -1.68. The number of aryl methyl sites for hydroxylation is 2. The molecule has 1 saturated heterocycles. The van der Waals surface area contributed by atoms with Crippen LogP contribution in [0.2, 0.25) is 0 Å². The van der Waals surface area contributed by atoms with Crippen molar-refractivity contribution < 1.29 is 35.9 Å². The van der Waals surface area contributed by atoms with E-state index in [1.165, 1.54) is 13.8 Å². The maximum absolute atomic E-state index is 13.6. The molecule has 10 heteroatoms. The van der Waals surface area contributed by atoms with Gasteiger partial charge in [-0.25, -0.2) is 12.8 Å². The Labute approximate surface area is 135 Å². The van der Waals surface area contributed by atoms with E-state index in [1.807, 2.05) is 0 Å². The number of carbonyl (C=O) groups is 1. The first kappa shape index (κ1) is 18.7. The first-order valence-corrected chi connectivity index (χ1v) is 8.36. The van der Waals surface area contributed by atoms with Gasteiger partial charge in [-0.1, -0.05) is 0 Å². The highest BCUT2D eigenvalue weighted by Gasteiger charge is 2.55. The van der Waals surface area contributed by atoms with Crippen molar-refractivity contribution in [3.05, 3.63) is 29.1 Å². The molecular weight excluding hydrogens is 354 g/mol. The fourth-order valence-corrected chi connectivity index (χ4v) is 4.41. The third-order valence-corrected chi connectivity index (χ3v) is 5.88. The number of nitrogens with zero attached hydrogens (tertiary/aromatic N) is 1. The van der Waals surface area contributed by atoms with E-state index in [1.54, 1.807) is 0 Å². The summed E-state index contributed by atoms with van der Waals surface area (Å²) < 4.78 is 78.1. The second kappa shape index (κ2) is 5.99. The smallest absolute Gasteiger partial charge is 0.393 e. The summed E-state index contributed by atoms with van der Waals surface area (Å²) in [6.07, 6.45) is -4.83. The largest absolute Gasteiger partial charge is 0.481 e. The Morgan fingerprint density at radius 2 is 1.71 bits per heavy atom. The van der Waals surface area contributed by atoms with E-state index in [0.29, 0.717) is 4.31 Å². The number of sulfonamides is 1. The van der Waals surface area contributed by atoms with Gasteiger partial charge in [0.2, 0.25) is 10.0 Å². The maximum Gasteiger partial charge on any atom is 0.393 e. The van der Waals surface area contributed by atoms with Crippen LogP contribution in [0.3, 0.4) is 0 Å². The van der Waals surface area contributed by atoms with Crippen LogP contribution in [-0.2, 0) is 14.8 Å². The lowest BCUT2D eigenvalue weighted by Gasteiger charge is -2.19. The lowest BCUT2D eigenvalue weighted by molar-refractivity contribution is -0.187. The van der Waals surface area contributed by atoms with Gasteiger partial charge >= 0.3 is 12.1 Å². The number of hydrogen-bond acceptors (Lipinski definition) is 3. The molecule has 24 heavy (non-hydrogen) atoms. The zero-order valence-corrected chi connectivity index (χ0v) is 13.6. The average molecular weight is 369 g/mol. The molecule has 2 atom stereocenters. The average Bonchev–Trinajstić information content (AvgIpc) is 2.90. The van der Waals surface area contributed by atoms with Crippen LogP contribution in [0.1, 0.15) is 11.1 Å². The Morgan fingerprint density at radius 1 is 1.21 bits per heavy atom. The summed E-state index contributed by atoms with van der Waals surface area (Å²) in [6, 6.07) is 2.04. The van der Waals surface area contributed by atoms with Gasteiger partial charge in [0.1, 0.15) is 5.82 Å². The molecule has 5 nitrogen and oxygen atoms in total. The molecule has 0 bridgehead atoms. The summed E-state index contributed by atoms with van der Waals surface area (Å²) in [5, 5.41) is 8.95. The number of halogens is 4. The predicted molar refractivity (Wildman–Crippen MR) is 75.3 cm³/mol. The Morgan fingerprint density at radius 3 is 2.08 bits per heavy atom. The monoisotopic (exact) mass is 369 g/mol. The van der Waals surface area contributed by atoms with Crippen LogP contribution >= 0.6 is 0 Å². The van der Waals surface area contributed by atoms with Crippen molar-refractivity contribution in [2.24, 2.45) is 11.8 Å². The topological polar surface area (TPSA) is 74.7 Å². The SMILES string of the molecule is Cc1cc(S(=O)(=O)N2C[C@@H](C(F)(F)F)[C@H](C(=O)O)C2)cc(C)c1F. The second-order valence-electron chi connectivity index (χ2n) is 5.79. The molecule has 0 aliphatic carbocycles. The van der Waals surface area contributed by atoms with Crippen LogP contribution in [0.4, 0.5) is 17.6 Å². The van der Waals surface area contributed by atoms with Gasteiger partial charge in [0.25, 0.3) is 0 Å². The highest BCUT2D eigenvalue weighted by atomic mass is 32.2. The van der Waals surface area contributed by atoms with Crippen LogP contribution in [0, 0.1) is 31.5 Å². The lowest BCUT2D eigenvalue weighted by Crippen LogP contribution is -2.34. The van der Waals surface area contributed by atoms with Gasteiger partial charge in [-0.2, -0.15) is 17.5 Å². The minimum absolute atomic E-state index is 0.0370.